The third-order valence-electron chi connectivity index (χ3n) is 2.10. The van der Waals surface area contributed by atoms with Gasteiger partial charge in [0.1, 0.15) is 0 Å². The first-order chi connectivity index (χ1) is 6.46. The minimum Gasteiger partial charge on any atom is -0.306 e. The number of carbonyl (C=O) groups excluding carboxylic acids is 1. The van der Waals surface area contributed by atoms with E-state index in [4.69, 9.17) is 4.55 Å². The number of nitrogens with zero attached hydrogens (tertiary/aromatic N) is 1. The molecule has 0 bridgehead atoms. The van der Waals surface area contributed by atoms with Gasteiger partial charge in [-0.25, -0.2) is 0 Å². The van der Waals surface area contributed by atoms with E-state index in [0.29, 0.717) is 17.7 Å². The van der Waals surface area contributed by atoms with E-state index >= 15 is 0 Å². The molecule has 1 fully saturated rings. The summed E-state index contributed by atoms with van der Waals surface area (Å²) >= 11 is 1.53. The van der Waals surface area contributed by atoms with Crippen molar-refractivity contribution < 1.29 is 17.8 Å². The zero-order valence-electron chi connectivity index (χ0n) is 7.21. The molecule has 2 heterocycles. The highest BCUT2D eigenvalue weighted by Gasteiger charge is 2.38. The molecular formula is C7H9NO4S2. The normalized spacial score (nSPS) is 26.6. The van der Waals surface area contributed by atoms with Gasteiger partial charge in [0, 0.05) is 12.0 Å². The predicted octanol–water partition coefficient (Wildman–Crippen LogP) is 0.0633. The largest absolute Gasteiger partial charge is 0.306 e. The summed E-state index contributed by atoms with van der Waals surface area (Å²) in [6.07, 6.45) is 2.07. The fourth-order valence-electron chi connectivity index (χ4n) is 1.45. The van der Waals surface area contributed by atoms with E-state index < -0.39 is 10.1 Å². The van der Waals surface area contributed by atoms with E-state index in [9.17, 15) is 13.2 Å². The molecule has 2 rings (SSSR count). The van der Waals surface area contributed by atoms with E-state index in [2.05, 4.69) is 0 Å². The Balaban J connectivity index is 2.11. The molecule has 1 saturated heterocycles. The Morgan fingerprint density at radius 1 is 1.64 bits per heavy atom. The average molecular weight is 235 g/mol. The zero-order chi connectivity index (χ0) is 10.3. The molecule has 1 N–H and O–H groups in total. The number of thioether (sulfide) groups is 1. The molecule has 2 aliphatic heterocycles. The molecule has 0 saturated carbocycles. The summed E-state index contributed by atoms with van der Waals surface area (Å²) in [4.78, 5) is 12.6. The molecule has 0 radical (unpaired) electrons. The average Bonchev–Trinajstić information content (AvgIpc) is 2.04. The second kappa shape index (κ2) is 3.25. The molecule has 0 spiro atoms. The molecule has 14 heavy (non-hydrogen) atoms. The monoisotopic (exact) mass is 235 g/mol. The lowest BCUT2D eigenvalue weighted by atomic mass is 10.2. The summed E-state index contributed by atoms with van der Waals surface area (Å²) in [7, 11) is -3.98. The second-order valence-electron chi connectivity index (χ2n) is 3.28. The summed E-state index contributed by atoms with van der Waals surface area (Å²) in [5.41, 5.74) is 0.571. The van der Waals surface area contributed by atoms with Crippen molar-refractivity contribution in [3.05, 3.63) is 11.8 Å². The smallest absolute Gasteiger partial charge is 0.268 e. The molecular weight excluding hydrogens is 226 g/mol. The van der Waals surface area contributed by atoms with Gasteiger partial charge in [-0.1, -0.05) is 0 Å². The highest BCUT2D eigenvalue weighted by Crippen LogP contribution is 2.35. The van der Waals surface area contributed by atoms with Gasteiger partial charge in [-0.05, 0) is 5.57 Å². The lowest BCUT2D eigenvalue weighted by Gasteiger charge is -2.40. The van der Waals surface area contributed by atoms with Crippen molar-refractivity contribution in [1.82, 2.24) is 4.90 Å². The molecule has 0 aromatic rings. The van der Waals surface area contributed by atoms with Crippen molar-refractivity contribution in [2.45, 2.75) is 11.8 Å². The van der Waals surface area contributed by atoms with Crippen LogP contribution in [0.25, 0.3) is 0 Å². The Hall–Kier alpha value is -0.530. The molecule has 1 atom stereocenters. The van der Waals surface area contributed by atoms with Crippen LogP contribution in [0.4, 0.5) is 0 Å². The number of β-lactam (4-membered cyclic amide) rings is 1. The zero-order valence-corrected chi connectivity index (χ0v) is 8.84. The number of hydrogen-bond acceptors (Lipinski definition) is 4. The Morgan fingerprint density at radius 3 is 2.93 bits per heavy atom. The van der Waals surface area contributed by atoms with Crippen LogP contribution in [0, 0.1) is 0 Å². The maximum atomic E-state index is 11.0. The highest BCUT2D eigenvalue weighted by molar-refractivity contribution is 8.00. The summed E-state index contributed by atoms with van der Waals surface area (Å²) in [6, 6.07) is 0. The summed E-state index contributed by atoms with van der Waals surface area (Å²) in [5.74, 6) is 0.195. The molecule has 78 valence electrons. The number of rotatable bonds is 2. The van der Waals surface area contributed by atoms with Gasteiger partial charge in [-0.15, -0.1) is 11.8 Å². The number of hydrogen-bond donors (Lipinski definition) is 1. The maximum absolute atomic E-state index is 11.0. The van der Waals surface area contributed by atoms with Crippen LogP contribution < -0.4 is 0 Å². The van der Waals surface area contributed by atoms with Crippen LogP contribution in [-0.4, -0.2) is 40.7 Å². The van der Waals surface area contributed by atoms with Crippen molar-refractivity contribution in [2.24, 2.45) is 0 Å². The first-order valence-corrected chi connectivity index (χ1v) is 6.69. The first kappa shape index (κ1) is 10.0. The van der Waals surface area contributed by atoms with Crippen LogP contribution >= 0.6 is 11.8 Å². The summed E-state index contributed by atoms with van der Waals surface area (Å²) in [5, 5.41) is 0.174. The van der Waals surface area contributed by atoms with Crippen LogP contribution in [0.3, 0.4) is 0 Å². The van der Waals surface area contributed by atoms with Crippen molar-refractivity contribution in [1.29, 1.82) is 0 Å². The van der Waals surface area contributed by atoms with Gasteiger partial charge in [0.15, 0.2) is 0 Å². The minimum atomic E-state index is -3.98. The fourth-order valence-corrected chi connectivity index (χ4v) is 3.40. The molecule has 0 aromatic carbocycles. The summed E-state index contributed by atoms with van der Waals surface area (Å²) < 4.78 is 29.8. The fraction of sp³-hybridized carbons (Fsp3) is 0.571. The molecule has 0 aliphatic carbocycles. The van der Waals surface area contributed by atoms with Gasteiger partial charge >= 0.3 is 0 Å². The van der Waals surface area contributed by atoms with E-state index in [-0.39, 0.29) is 17.0 Å². The third-order valence-corrected chi connectivity index (χ3v) is 4.15. The van der Waals surface area contributed by atoms with Crippen LogP contribution in [-0.2, 0) is 14.9 Å². The predicted molar refractivity (Wildman–Crippen MR) is 52.2 cm³/mol. The van der Waals surface area contributed by atoms with Gasteiger partial charge in [-0.3, -0.25) is 9.35 Å². The molecule has 0 unspecified atom stereocenters. The van der Waals surface area contributed by atoms with Gasteiger partial charge in [-0.2, -0.15) is 8.42 Å². The quantitative estimate of drug-likeness (QED) is 0.541. The van der Waals surface area contributed by atoms with Crippen LogP contribution in [0.2, 0.25) is 0 Å². The number of carbonyl (C=O) groups is 1. The molecule has 2 aliphatic rings. The van der Waals surface area contributed by atoms with Gasteiger partial charge < -0.3 is 4.90 Å². The molecule has 0 aromatic heterocycles. The Morgan fingerprint density at radius 2 is 2.36 bits per heavy atom. The Kier molecular flexibility index (Phi) is 2.32. The summed E-state index contributed by atoms with van der Waals surface area (Å²) in [6.45, 7) is 0. The second-order valence-corrected chi connectivity index (χ2v) is 5.90. The van der Waals surface area contributed by atoms with E-state index in [1.165, 1.54) is 16.7 Å². The van der Waals surface area contributed by atoms with E-state index in [0.717, 1.165) is 0 Å². The number of amides is 1. The first-order valence-electron chi connectivity index (χ1n) is 4.03. The van der Waals surface area contributed by atoms with Gasteiger partial charge in [0.25, 0.3) is 10.1 Å². The molecule has 1 amide bonds. The van der Waals surface area contributed by atoms with Crippen molar-refractivity contribution >= 4 is 27.8 Å². The van der Waals surface area contributed by atoms with Crippen molar-refractivity contribution in [2.75, 3.05) is 11.5 Å². The maximum Gasteiger partial charge on any atom is 0.268 e. The lowest BCUT2D eigenvalue weighted by molar-refractivity contribution is -0.137. The highest BCUT2D eigenvalue weighted by atomic mass is 32.2. The van der Waals surface area contributed by atoms with Crippen LogP contribution in [0.1, 0.15) is 6.42 Å². The molecule has 5 nitrogen and oxygen atoms in total. The standard InChI is InChI=1S/C7H9NO4S2/c9-6-1-7-8(6)2-5(3-13-7)4-14(10,11)12/h2,7H,1,3-4H2,(H,10,11,12)/t7-/m1/s1. The van der Waals surface area contributed by atoms with Crippen LogP contribution in [0.5, 0.6) is 0 Å². The minimum absolute atomic E-state index is 0.00929. The lowest BCUT2D eigenvalue weighted by Crippen LogP contribution is -2.49. The van der Waals surface area contributed by atoms with Crippen molar-refractivity contribution in [3.63, 3.8) is 0 Å². The Bertz CT molecular complexity index is 400. The van der Waals surface area contributed by atoms with Crippen LogP contribution in [0.15, 0.2) is 11.8 Å². The third kappa shape index (κ3) is 1.94. The van der Waals surface area contributed by atoms with Crippen molar-refractivity contribution in [3.8, 4) is 0 Å². The van der Waals surface area contributed by atoms with E-state index in [1.54, 1.807) is 6.20 Å². The number of fused-ring (bicyclic) bond motifs is 1. The molecule has 7 heteroatoms. The SMILES string of the molecule is O=C1C[C@H]2SCC(CS(=O)(=O)O)=CN12. The van der Waals surface area contributed by atoms with Gasteiger partial charge in [0.05, 0.1) is 17.5 Å². The van der Waals surface area contributed by atoms with Gasteiger partial charge in [0.2, 0.25) is 5.91 Å². The van der Waals surface area contributed by atoms with E-state index in [1.807, 2.05) is 0 Å². The Labute approximate surface area is 85.9 Å². The topological polar surface area (TPSA) is 74.7 Å².